The topological polar surface area (TPSA) is 73.2 Å². The van der Waals surface area contributed by atoms with Crippen molar-refractivity contribution in [2.24, 2.45) is 0 Å². The Morgan fingerprint density at radius 3 is 2.39 bits per heavy atom. The van der Waals surface area contributed by atoms with Crippen molar-refractivity contribution >= 4 is 11.6 Å². The second kappa shape index (κ2) is 7.95. The first-order valence-electron chi connectivity index (χ1n) is 8.10. The van der Waals surface area contributed by atoms with Gasteiger partial charge in [0.15, 0.2) is 5.75 Å². The molecule has 2 aromatic carbocycles. The highest BCUT2D eigenvalue weighted by atomic mass is 19.4. The molecule has 0 fully saturated rings. The van der Waals surface area contributed by atoms with Crippen molar-refractivity contribution in [1.29, 1.82) is 0 Å². The number of hydrogen-bond donors (Lipinski definition) is 1. The van der Waals surface area contributed by atoms with Crippen LogP contribution in [-0.2, 0) is 11.3 Å². The summed E-state index contributed by atoms with van der Waals surface area (Å²) in [5.41, 5.74) is 0.543. The largest absolute Gasteiger partial charge is 0.573 e. The molecule has 0 aliphatic rings. The van der Waals surface area contributed by atoms with Gasteiger partial charge in [-0.3, -0.25) is 9.59 Å². The van der Waals surface area contributed by atoms with Crippen molar-refractivity contribution in [3.8, 4) is 17.0 Å². The van der Waals surface area contributed by atoms with Gasteiger partial charge in [0.05, 0.1) is 11.4 Å². The molecule has 9 heteroatoms. The molecule has 0 bridgehead atoms. The van der Waals surface area contributed by atoms with E-state index in [4.69, 9.17) is 0 Å². The molecule has 28 heavy (non-hydrogen) atoms. The van der Waals surface area contributed by atoms with Gasteiger partial charge in [0.2, 0.25) is 5.91 Å². The number of anilines is 1. The van der Waals surface area contributed by atoms with E-state index in [1.165, 1.54) is 30.3 Å². The van der Waals surface area contributed by atoms with Crippen molar-refractivity contribution < 1.29 is 22.7 Å². The van der Waals surface area contributed by atoms with Gasteiger partial charge in [-0.05, 0) is 18.2 Å². The van der Waals surface area contributed by atoms with Crippen LogP contribution in [0.5, 0.6) is 5.75 Å². The Morgan fingerprint density at radius 1 is 1.00 bits per heavy atom. The number of carbonyl (C=O) groups excluding carboxylic acids is 1. The van der Waals surface area contributed by atoms with Crippen LogP contribution in [0.2, 0.25) is 0 Å². The zero-order valence-corrected chi connectivity index (χ0v) is 14.3. The minimum atomic E-state index is -4.90. The van der Waals surface area contributed by atoms with E-state index in [-0.39, 0.29) is 5.69 Å². The van der Waals surface area contributed by atoms with Crippen LogP contribution >= 0.6 is 0 Å². The fourth-order valence-electron chi connectivity index (χ4n) is 2.43. The number of alkyl halides is 3. The average molecular weight is 389 g/mol. The average Bonchev–Trinajstić information content (AvgIpc) is 2.65. The van der Waals surface area contributed by atoms with Crippen molar-refractivity contribution in [3.63, 3.8) is 0 Å². The molecule has 0 unspecified atom stereocenters. The number of halogens is 3. The lowest BCUT2D eigenvalue weighted by atomic mass is 10.1. The van der Waals surface area contributed by atoms with Gasteiger partial charge >= 0.3 is 6.36 Å². The lowest BCUT2D eigenvalue weighted by Crippen LogP contribution is -2.29. The predicted molar refractivity (Wildman–Crippen MR) is 95.7 cm³/mol. The quantitative estimate of drug-likeness (QED) is 0.726. The monoisotopic (exact) mass is 389 g/mol. The normalized spacial score (nSPS) is 11.1. The number of aromatic nitrogens is 2. The maximum atomic E-state index is 12.5. The summed E-state index contributed by atoms with van der Waals surface area (Å²) in [4.78, 5) is 24.2. The zero-order valence-electron chi connectivity index (χ0n) is 14.3. The molecule has 1 aromatic heterocycles. The van der Waals surface area contributed by atoms with Crippen LogP contribution in [0.4, 0.5) is 18.9 Å². The second-order valence-electron chi connectivity index (χ2n) is 5.67. The Morgan fingerprint density at radius 2 is 1.68 bits per heavy atom. The summed E-state index contributed by atoms with van der Waals surface area (Å²) in [6.45, 7) is -0.472. The molecule has 1 amide bonds. The summed E-state index contributed by atoms with van der Waals surface area (Å²) < 4.78 is 42.2. The van der Waals surface area contributed by atoms with Crippen LogP contribution < -0.4 is 15.6 Å². The molecule has 0 spiro atoms. The molecule has 144 valence electrons. The Labute approximate surface area is 157 Å². The Balaban J connectivity index is 1.79. The van der Waals surface area contributed by atoms with Gasteiger partial charge in [-0.2, -0.15) is 5.10 Å². The van der Waals surface area contributed by atoms with Gasteiger partial charge in [0.25, 0.3) is 5.56 Å². The minimum absolute atomic E-state index is 0.169. The minimum Gasteiger partial charge on any atom is -0.404 e. The molecular weight excluding hydrogens is 375 g/mol. The summed E-state index contributed by atoms with van der Waals surface area (Å²) in [6, 6.07) is 16.9. The highest BCUT2D eigenvalue weighted by molar-refractivity contribution is 5.92. The van der Waals surface area contributed by atoms with Crippen LogP contribution in [-0.4, -0.2) is 22.1 Å². The lowest BCUT2D eigenvalue weighted by Gasteiger charge is -2.14. The number of benzene rings is 2. The van der Waals surface area contributed by atoms with Crippen LogP contribution in [0.3, 0.4) is 0 Å². The molecule has 1 N–H and O–H groups in total. The molecule has 0 aliphatic carbocycles. The van der Waals surface area contributed by atoms with Gasteiger partial charge in [-0.1, -0.05) is 42.5 Å². The highest BCUT2D eigenvalue weighted by Crippen LogP contribution is 2.29. The highest BCUT2D eigenvalue weighted by Gasteiger charge is 2.32. The molecule has 0 saturated carbocycles. The number of nitrogens with zero attached hydrogens (tertiary/aromatic N) is 2. The van der Waals surface area contributed by atoms with Crippen LogP contribution in [0.25, 0.3) is 11.3 Å². The van der Waals surface area contributed by atoms with Crippen molar-refractivity contribution in [2.45, 2.75) is 12.9 Å². The molecule has 0 atom stereocenters. The van der Waals surface area contributed by atoms with Crippen LogP contribution in [0.15, 0.2) is 71.5 Å². The first-order chi connectivity index (χ1) is 13.3. The molecule has 0 radical (unpaired) electrons. The number of ether oxygens (including phenoxy) is 1. The standard InChI is InChI=1S/C19H14F3N3O3/c20-19(21,22)28-16-9-5-4-8-15(16)23-17(26)12-25-18(27)11-10-14(24-25)13-6-2-1-3-7-13/h1-11H,12H2,(H,23,26). The van der Waals surface area contributed by atoms with Crippen LogP contribution in [0, 0.1) is 0 Å². The Kier molecular flexibility index (Phi) is 5.44. The van der Waals surface area contributed by atoms with Crippen molar-refractivity contribution in [1.82, 2.24) is 9.78 Å². The van der Waals surface area contributed by atoms with Crippen molar-refractivity contribution in [2.75, 3.05) is 5.32 Å². The molecule has 3 rings (SSSR count). The van der Waals surface area contributed by atoms with E-state index in [9.17, 15) is 22.8 Å². The second-order valence-corrected chi connectivity index (χ2v) is 5.67. The first-order valence-corrected chi connectivity index (χ1v) is 8.10. The van der Waals surface area contributed by atoms with E-state index in [1.54, 1.807) is 24.3 Å². The third kappa shape index (κ3) is 4.97. The van der Waals surface area contributed by atoms with Gasteiger partial charge in [0.1, 0.15) is 6.54 Å². The van der Waals surface area contributed by atoms with E-state index in [1.807, 2.05) is 6.07 Å². The lowest BCUT2D eigenvalue weighted by molar-refractivity contribution is -0.274. The van der Waals surface area contributed by atoms with Gasteiger partial charge in [-0.15, -0.1) is 13.2 Å². The van der Waals surface area contributed by atoms with E-state index < -0.39 is 30.1 Å². The van der Waals surface area contributed by atoms with E-state index >= 15 is 0 Å². The summed E-state index contributed by atoms with van der Waals surface area (Å²) in [5, 5.41) is 6.44. The van der Waals surface area contributed by atoms with E-state index in [2.05, 4.69) is 15.2 Å². The van der Waals surface area contributed by atoms with E-state index in [0.717, 1.165) is 16.3 Å². The maximum Gasteiger partial charge on any atom is 0.573 e. The number of rotatable bonds is 5. The van der Waals surface area contributed by atoms with Gasteiger partial charge in [-0.25, -0.2) is 4.68 Å². The number of nitrogens with one attached hydrogen (secondary N) is 1. The fraction of sp³-hybridized carbons (Fsp3) is 0.105. The molecule has 3 aromatic rings. The number of carbonyl (C=O) groups is 1. The zero-order chi connectivity index (χ0) is 20.1. The fourth-order valence-corrected chi connectivity index (χ4v) is 2.43. The molecular formula is C19H14F3N3O3. The number of para-hydroxylation sites is 2. The van der Waals surface area contributed by atoms with E-state index in [0.29, 0.717) is 5.69 Å². The molecule has 0 saturated heterocycles. The third-order valence-corrected chi connectivity index (χ3v) is 3.62. The molecule has 6 nitrogen and oxygen atoms in total. The summed E-state index contributed by atoms with van der Waals surface area (Å²) in [7, 11) is 0. The summed E-state index contributed by atoms with van der Waals surface area (Å²) in [5.74, 6) is -1.28. The van der Waals surface area contributed by atoms with Gasteiger partial charge in [0, 0.05) is 11.6 Å². The predicted octanol–water partition coefficient (Wildman–Crippen LogP) is 3.45. The smallest absolute Gasteiger partial charge is 0.404 e. The van der Waals surface area contributed by atoms with Crippen molar-refractivity contribution in [3.05, 3.63) is 77.1 Å². The van der Waals surface area contributed by atoms with Crippen LogP contribution in [0.1, 0.15) is 0 Å². The summed E-state index contributed by atoms with van der Waals surface area (Å²) >= 11 is 0. The molecule has 1 heterocycles. The maximum absolute atomic E-state index is 12.5. The first kappa shape index (κ1) is 19.2. The Bertz CT molecular complexity index is 1030. The Hall–Kier alpha value is -3.62. The summed E-state index contributed by atoms with van der Waals surface area (Å²) in [6.07, 6.45) is -4.90. The SMILES string of the molecule is O=C(Cn1nc(-c2ccccc2)ccc1=O)Nc1ccccc1OC(F)(F)F. The number of hydrogen-bond acceptors (Lipinski definition) is 4. The van der Waals surface area contributed by atoms with Gasteiger partial charge < -0.3 is 10.1 Å². The molecule has 0 aliphatic heterocycles. The third-order valence-electron chi connectivity index (χ3n) is 3.62. The number of amides is 1.